The summed E-state index contributed by atoms with van der Waals surface area (Å²) >= 11 is 0. The van der Waals surface area contributed by atoms with Gasteiger partial charge in [0.25, 0.3) is 0 Å². The molecular formula is C18H26N6. The largest absolute Gasteiger partial charge is 0.341 e. The molecule has 0 bridgehead atoms. The van der Waals surface area contributed by atoms with E-state index in [1.807, 2.05) is 12.4 Å². The van der Waals surface area contributed by atoms with Gasteiger partial charge in [0.2, 0.25) is 5.95 Å². The fourth-order valence-electron chi connectivity index (χ4n) is 3.98. The zero-order valence-electron chi connectivity index (χ0n) is 14.4. The van der Waals surface area contributed by atoms with Gasteiger partial charge < -0.3 is 4.90 Å². The zero-order chi connectivity index (χ0) is 16.4. The van der Waals surface area contributed by atoms with E-state index >= 15 is 0 Å². The Morgan fingerprint density at radius 2 is 2.08 bits per heavy atom. The molecule has 4 heterocycles. The lowest BCUT2D eigenvalue weighted by Gasteiger charge is -2.32. The van der Waals surface area contributed by atoms with Crippen LogP contribution in [0.1, 0.15) is 48.6 Å². The highest BCUT2D eigenvalue weighted by Crippen LogP contribution is 2.28. The standard InChI is InChI=1S/C18H26N6/c1-14-11-20-22-17(14)15-5-4-8-23(12-15)13-16-6-7-19-18(21-16)24-9-2-3-10-24/h6-7,11,15H,2-5,8-10,12-13H2,1H3,(H,20,22). The molecule has 24 heavy (non-hydrogen) atoms. The molecule has 1 unspecified atom stereocenters. The van der Waals surface area contributed by atoms with Crippen molar-refractivity contribution in [2.45, 2.75) is 45.1 Å². The Balaban J connectivity index is 1.43. The van der Waals surface area contributed by atoms with Crippen molar-refractivity contribution >= 4 is 5.95 Å². The van der Waals surface area contributed by atoms with E-state index in [0.717, 1.165) is 44.4 Å². The van der Waals surface area contributed by atoms with Gasteiger partial charge >= 0.3 is 0 Å². The molecule has 1 N–H and O–H groups in total. The van der Waals surface area contributed by atoms with Crippen molar-refractivity contribution in [3.63, 3.8) is 0 Å². The van der Waals surface area contributed by atoms with Gasteiger partial charge in [0.15, 0.2) is 0 Å². The summed E-state index contributed by atoms with van der Waals surface area (Å²) in [5, 5.41) is 7.39. The molecule has 2 aromatic rings. The Morgan fingerprint density at radius 1 is 1.21 bits per heavy atom. The molecular weight excluding hydrogens is 300 g/mol. The van der Waals surface area contributed by atoms with Gasteiger partial charge in [0, 0.05) is 44.0 Å². The van der Waals surface area contributed by atoms with Crippen LogP contribution in [0.25, 0.3) is 0 Å². The summed E-state index contributed by atoms with van der Waals surface area (Å²) in [5.74, 6) is 1.46. The van der Waals surface area contributed by atoms with Crippen molar-refractivity contribution in [3.05, 3.63) is 35.4 Å². The molecule has 2 aliphatic heterocycles. The average molecular weight is 326 g/mol. The second-order valence-electron chi connectivity index (χ2n) is 7.08. The molecule has 2 aromatic heterocycles. The second-order valence-corrected chi connectivity index (χ2v) is 7.08. The molecule has 4 rings (SSSR count). The Bertz CT molecular complexity index is 676. The molecule has 128 valence electrons. The first-order chi connectivity index (χ1) is 11.8. The molecule has 1 atom stereocenters. The topological polar surface area (TPSA) is 60.9 Å². The van der Waals surface area contributed by atoms with Gasteiger partial charge in [-0.3, -0.25) is 10.00 Å². The number of hydrogen-bond acceptors (Lipinski definition) is 5. The first kappa shape index (κ1) is 15.6. The van der Waals surface area contributed by atoms with E-state index in [1.165, 1.54) is 36.9 Å². The maximum atomic E-state index is 4.81. The van der Waals surface area contributed by atoms with Gasteiger partial charge in [0.1, 0.15) is 0 Å². The normalized spacial score (nSPS) is 22.2. The lowest BCUT2D eigenvalue weighted by molar-refractivity contribution is 0.196. The van der Waals surface area contributed by atoms with Crippen LogP contribution >= 0.6 is 0 Å². The summed E-state index contributed by atoms with van der Waals surface area (Å²) in [4.78, 5) is 14.1. The molecule has 2 saturated heterocycles. The highest BCUT2D eigenvalue weighted by molar-refractivity contribution is 5.31. The molecule has 0 amide bonds. The molecule has 0 spiro atoms. The Kier molecular flexibility index (Phi) is 4.47. The first-order valence-corrected chi connectivity index (χ1v) is 9.08. The van der Waals surface area contributed by atoms with Crippen LogP contribution in [-0.2, 0) is 6.54 Å². The fourth-order valence-corrected chi connectivity index (χ4v) is 3.98. The summed E-state index contributed by atoms with van der Waals surface area (Å²) in [7, 11) is 0. The van der Waals surface area contributed by atoms with Crippen LogP contribution in [0.5, 0.6) is 0 Å². The third-order valence-electron chi connectivity index (χ3n) is 5.26. The van der Waals surface area contributed by atoms with E-state index in [0.29, 0.717) is 5.92 Å². The molecule has 0 aliphatic carbocycles. The summed E-state index contributed by atoms with van der Waals surface area (Å²) in [6.45, 7) is 7.46. The van der Waals surface area contributed by atoms with E-state index in [-0.39, 0.29) is 0 Å². The van der Waals surface area contributed by atoms with E-state index in [2.05, 4.69) is 38.0 Å². The zero-order valence-corrected chi connectivity index (χ0v) is 14.4. The number of aromatic nitrogens is 4. The Hall–Kier alpha value is -1.95. The van der Waals surface area contributed by atoms with Gasteiger partial charge in [-0.25, -0.2) is 9.97 Å². The van der Waals surface area contributed by atoms with Gasteiger partial charge in [-0.1, -0.05) is 0 Å². The number of nitrogens with zero attached hydrogens (tertiary/aromatic N) is 5. The van der Waals surface area contributed by atoms with Crippen molar-refractivity contribution in [1.29, 1.82) is 0 Å². The van der Waals surface area contributed by atoms with Crippen LogP contribution in [0.4, 0.5) is 5.95 Å². The maximum Gasteiger partial charge on any atom is 0.225 e. The van der Waals surface area contributed by atoms with E-state index < -0.39 is 0 Å². The van der Waals surface area contributed by atoms with Crippen molar-refractivity contribution < 1.29 is 0 Å². The monoisotopic (exact) mass is 326 g/mol. The SMILES string of the molecule is Cc1cn[nH]c1C1CCCN(Cc2ccnc(N3CCCC3)n2)C1. The average Bonchev–Trinajstić information content (AvgIpc) is 3.27. The predicted molar refractivity (Wildman–Crippen MR) is 94.1 cm³/mol. The van der Waals surface area contributed by atoms with E-state index in [4.69, 9.17) is 4.98 Å². The minimum Gasteiger partial charge on any atom is -0.341 e. The predicted octanol–water partition coefficient (Wildman–Crippen LogP) is 2.49. The highest BCUT2D eigenvalue weighted by atomic mass is 15.3. The van der Waals surface area contributed by atoms with Crippen LogP contribution in [0.3, 0.4) is 0 Å². The van der Waals surface area contributed by atoms with Crippen LogP contribution in [0.2, 0.25) is 0 Å². The third kappa shape index (κ3) is 3.29. The number of likely N-dealkylation sites (tertiary alicyclic amines) is 1. The lowest BCUT2D eigenvalue weighted by atomic mass is 9.93. The van der Waals surface area contributed by atoms with E-state index in [1.54, 1.807) is 0 Å². The maximum absolute atomic E-state index is 4.81. The molecule has 2 fully saturated rings. The van der Waals surface area contributed by atoms with E-state index in [9.17, 15) is 0 Å². The molecule has 0 saturated carbocycles. The lowest BCUT2D eigenvalue weighted by Crippen LogP contribution is -2.34. The van der Waals surface area contributed by atoms with Crippen molar-refractivity contribution in [3.8, 4) is 0 Å². The molecule has 0 radical (unpaired) electrons. The number of hydrogen-bond donors (Lipinski definition) is 1. The van der Waals surface area contributed by atoms with Crippen LogP contribution in [0.15, 0.2) is 18.5 Å². The van der Waals surface area contributed by atoms with Crippen LogP contribution in [0, 0.1) is 6.92 Å². The van der Waals surface area contributed by atoms with Crippen molar-refractivity contribution in [1.82, 2.24) is 25.1 Å². The summed E-state index contributed by atoms with van der Waals surface area (Å²) in [6.07, 6.45) is 8.82. The Labute approximate surface area is 143 Å². The minimum absolute atomic E-state index is 0.557. The van der Waals surface area contributed by atoms with Crippen LogP contribution in [-0.4, -0.2) is 51.2 Å². The minimum atomic E-state index is 0.557. The fraction of sp³-hybridized carbons (Fsp3) is 0.611. The quantitative estimate of drug-likeness (QED) is 0.935. The number of anilines is 1. The number of H-pyrrole nitrogens is 1. The second kappa shape index (κ2) is 6.89. The third-order valence-corrected chi connectivity index (χ3v) is 5.26. The number of piperidine rings is 1. The van der Waals surface area contributed by atoms with Crippen LogP contribution < -0.4 is 4.90 Å². The van der Waals surface area contributed by atoms with Gasteiger partial charge in [-0.05, 0) is 50.8 Å². The first-order valence-electron chi connectivity index (χ1n) is 9.08. The molecule has 2 aliphatic rings. The van der Waals surface area contributed by atoms with Gasteiger partial charge in [-0.15, -0.1) is 0 Å². The molecule has 0 aromatic carbocycles. The number of aromatic amines is 1. The summed E-state index contributed by atoms with van der Waals surface area (Å²) in [6, 6.07) is 2.06. The van der Waals surface area contributed by atoms with Crippen molar-refractivity contribution in [2.75, 3.05) is 31.1 Å². The Morgan fingerprint density at radius 3 is 2.88 bits per heavy atom. The van der Waals surface area contributed by atoms with Gasteiger partial charge in [0.05, 0.1) is 11.9 Å². The number of rotatable bonds is 4. The van der Waals surface area contributed by atoms with Gasteiger partial charge in [-0.2, -0.15) is 5.10 Å². The molecule has 6 nitrogen and oxygen atoms in total. The summed E-state index contributed by atoms with van der Waals surface area (Å²) in [5.41, 5.74) is 3.72. The molecule has 6 heteroatoms. The van der Waals surface area contributed by atoms with Crippen molar-refractivity contribution in [2.24, 2.45) is 0 Å². The number of aryl methyl sites for hydroxylation is 1. The highest BCUT2D eigenvalue weighted by Gasteiger charge is 2.24. The number of nitrogens with one attached hydrogen (secondary N) is 1. The smallest absolute Gasteiger partial charge is 0.225 e. The summed E-state index contributed by atoms with van der Waals surface area (Å²) < 4.78 is 0.